The minimum atomic E-state index is -1.78. The first kappa shape index (κ1) is 9.73. The molecule has 2 N–H and O–H groups in total. The van der Waals surface area contributed by atoms with Crippen LogP contribution in [0, 0.1) is 0 Å². The van der Waals surface area contributed by atoms with E-state index in [4.69, 9.17) is 17.9 Å². The van der Waals surface area contributed by atoms with E-state index in [1.807, 2.05) is 6.07 Å². The highest BCUT2D eigenvalue weighted by atomic mass is 16.5. The number of hydrogen-bond acceptors (Lipinski definition) is 3. The van der Waals surface area contributed by atoms with E-state index in [2.05, 4.69) is 6.58 Å². The van der Waals surface area contributed by atoms with Gasteiger partial charge < -0.3 is 15.2 Å². The third-order valence-electron chi connectivity index (χ3n) is 2.34. The number of aryl methyl sites for hydroxylation is 1. The highest BCUT2D eigenvalue weighted by molar-refractivity contribution is 5.47. The standard InChI is InChI=1S/C13H19NO2/c1-4-5-10-8-13(16-3)11(6-7-14)9-12(10)15-2/h4,8-9H,1,5-7,14H2,2-3H3/i7D2. The van der Waals surface area contributed by atoms with Gasteiger partial charge in [0.1, 0.15) is 11.5 Å². The van der Waals surface area contributed by atoms with Crippen LogP contribution in [0.3, 0.4) is 0 Å². The van der Waals surface area contributed by atoms with Crippen LogP contribution in [-0.2, 0) is 12.8 Å². The summed E-state index contributed by atoms with van der Waals surface area (Å²) in [6, 6.07) is 3.60. The summed E-state index contributed by atoms with van der Waals surface area (Å²) in [5, 5.41) is 0. The van der Waals surface area contributed by atoms with Gasteiger partial charge in [-0.1, -0.05) is 6.08 Å². The number of benzene rings is 1. The molecule has 0 spiro atoms. The quantitative estimate of drug-likeness (QED) is 0.749. The molecule has 0 saturated heterocycles. The molecule has 16 heavy (non-hydrogen) atoms. The van der Waals surface area contributed by atoms with Crippen molar-refractivity contribution >= 4 is 0 Å². The molecule has 0 aromatic heterocycles. The zero-order chi connectivity index (χ0) is 13.8. The number of methoxy groups -OCH3 is 2. The van der Waals surface area contributed by atoms with Crippen LogP contribution in [0.5, 0.6) is 11.5 Å². The van der Waals surface area contributed by atoms with Gasteiger partial charge in [0.15, 0.2) is 0 Å². The second-order valence-corrected chi connectivity index (χ2v) is 3.35. The van der Waals surface area contributed by atoms with Crippen molar-refractivity contribution in [3.63, 3.8) is 0 Å². The molecule has 0 heterocycles. The summed E-state index contributed by atoms with van der Waals surface area (Å²) in [6.45, 7) is 1.91. The number of ether oxygens (including phenoxy) is 2. The van der Waals surface area contributed by atoms with Gasteiger partial charge in [-0.2, -0.15) is 0 Å². The maximum atomic E-state index is 7.44. The first-order valence-corrected chi connectivity index (χ1v) is 5.05. The largest absolute Gasteiger partial charge is 0.496 e. The normalized spacial score (nSPS) is 12.7. The third kappa shape index (κ3) is 2.76. The lowest BCUT2D eigenvalue weighted by molar-refractivity contribution is 0.395. The molecule has 0 saturated carbocycles. The van der Waals surface area contributed by atoms with E-state index in [-0.39, 0.29) is 6.42 Å². The van der Waals surface area contributed by atoms with Gasteiger partial charge in [-0.3, -0.25) is 0 Å². The van der Waals surface area contributed by atoms with E-state index in [1.54, 1.807) is 26.4 Å². The summed E-state index contributed by atoms with van der Waals surface area (Å²) in [5.74, 6) is 1.30. The lowest BCUT2D eigenvalue weighted by atomic mass is 10.0. The van der Waals surface area contributed by atoms with Gasteiger partial charge in [0.05, 0.1) is 14.2 Å². The molecule has 0 bridgehead atoms. The Balaban J connectivity index is 3.21. The number of hydrogen-bond donors (Lipinski definition) is 1. The monoisotopic (exact) mass is 223 g/mol. The van der Waals surface area contributed by atoms with Crippen LogP contribution in [0.4, 0.5) is 0 Å². The SMILES string of the molecule is [2H]C([2H])(N)Cc1cc(OC)c(CC=C)cc1OC. The molecule has 0 amide bonds. The molecule has 0 fully saturated rings. The fraction of sp³-hybridized carbons (Fsp3) is 0.385. The molecule has 1 aromatic rings. The van der Waals surface area contributed by atoms with Crippen LogP contribution < -0.4 is 15.2 Å². The van der Waals surface area contributed by atoms with Gasteiger partial charge >= 0.3 is 0 Å². The van der Waals surface area contributed by atoms with Crippen molar-refractivity contribution in [2.75, 3.05) is 20.7 Å². The van der Waals surface area contributed by atoms with Crippen LogP contribution >= 0.6 is 0 Å². The first-order valence-electron chi connectivity index (χ1n) is 6.05. The molecule has 0 atom stereocenters. The molecule has 0 aliphatic carbocycles. The Hall–Kier alpha value is -1.48. The van der Waals surface area contributed by atoms with E-state index >= 15 is 0 Å². The topological polar surface area (TPSA) is 44.5 Å². The van der Waals surface area contributed by atoms with Crippen LogP contribution in [0.2, 0.25) is 0 Å². The van der Waals surface area contributed by atoms with Crippen LogP contribution in [0.25, 0.3) is 0 Å². The minimum absolute atomic E-state index is 0.0703. The van der Waals surface area contributed by atoms with Crippen LogP contribution in [0.15, 0.2) is 24.8 Å². The van der Waals surface area contributed by atoms with Gasteiger partial charge in [0, 0.05) is 8.30 Å². The Kier molecular flexibility index (Phi) is 3.76. The molecule has 0 aliphatic heterocycles. The van der Waals surface area contributed by atoms with Crippen LogP contribution in [-0.4, -0.2) is 20.7 Å². The summed E-state index contributed by atoms with van der Waals surface area (Å²) in [4.78, 5) is 0. The van der Waals surface area contributed by atoms with E-state index in [9.17, 15) is 0 Å². The predicted molar refractivity (Wildman–Crippen MR) is 66.2 cm³/mol. The summed E-state index contributed by atoms with van der Waals surface area (Å²) < 4.78 is 25.4. The van der Waals surface area contributed by atoms with Crippen molar-refractivity contribution < 1.29 is 12.2 Å². The fourth-order valence-electron chi connectivity index (χ4n) is 1.59. The molecular weight excluding hydrogens is 202 g/mol. The first-order chi connectivity index (χ1) is 8.41. The van der Waals surface area contributed by atoms with E-state index < -0.39 is 6.50 Å². The number of nitrogens with two attached hydrogens (primary N) is 1. The van der Waals surface area contributed by atoms with Crippen molar-refractivity contribution in [3.8, 4) is 11.5 Å². The highest BCUT2D eigenvalue weighted by Gasteiger charge is 2.09. The van der Waals surface area contributed by atoms with E-state index in [0.29, 0.717) is 23.5 Å². The zero-order valence-electron chi connectivity index (χ0n) is 11.7. The second-order valence-electron chi connectivity index (χ2n) is 3.35. The smallest absolute Gasteiger partial charge is 0.122 e. The summed E-state index contributed by atoms with van der Waals surface area (Å²) in [5.41, 5.74) is 7.04. The van der Waals surface area contributed by atoms with E-state index in [1.165, 1.54) is 0 Å². The predicted octanol–water partition coefficient (Wildman–Crippen LogP) is 1.93. The van der Waals surface area contributed by atoms with Crippen molar-refractivity contribution in [3.05, 3.63) is 35.9 Å². The van der Waals surface area contributed by atoms with E-state index in [0.717, 1.165) is 5.56 Å². The number of rotatable bonds is 6. The molecular formula is C13H19NO2. The Labute approximate surface area is 99.7 Å². The molecule has 1 aromatic carbocycles. The maximum absolute atomic E-state index is 7.44. The van der Waals surface area contributed by atoms with Gasteiger partial charge in [-0.05, 0) is 37.0 Å². The Morgan fingerprint density at radius 3 is 2.38 bits per heavy atom. The average molecular weight is 223 g/mol. The fourth-order valence-corrected chi connectivity index (χ4v) is 1.59. The van der Waals surface area contributed by atoms with Gasteiger partial charge in [-0.25, -0.2) is 0 Å². The lowest BCUT2D eigenvalue weighted by Gasteiger charge is -2.13. The molecule has 0 radical (unpaired) electrons. The van der Waals surface area contributed by atoms with Crippen LogP contribution in [0.1, 0.15) is 13.9 Å². The molecule has 3 heteroatoms. The van der Waals surface area contributed by atoms with Crippen molar-refractivity contribution in [2.24, 2.45) is 5.73 Å². The molecule has 88 valence electrons. The van der Waals surface area contributed by atoms with Crippen molar-refractivity contribution in [2.45, 2.75) is 12.8 Å². The van der Waals surface area contributed by atoms with Gasteiger partial charge in [0.25, 0.3) is 0 Å². The minimum Gasteiger partial charge on any atom is -0.496 e. The third-order valence-corrected chi connectivity index (χ3v) is 2.34. The molecule has 0 unspecified atom stereocenters. The molecule has 0 aliphatic rings. The average Bonchev–Trinajstić information content (AvgIpc) is 2.28. The summed E-state index contributed by atoms with van der Waals surface area (Å²) >= 11 is 0. The Bertz CT molecular complexity index is 428. The molecule has 1 rings (SSSR count). The van der Waals surface area contributed by atoms with Crippen molar-refractivity contribution in [1.82, 2.24) is 0 Å². The Morgan fingerprint density at radius 2 is 1.88 bits per heavy atom. The number of allylic oxidation sites excluding steroid dienone is 1. The second kappa shape index (κ2) is 6.18. The lowest BCUT2D eigenvalue weighted by Crippen LogP contribution is -2.05. The van der Waals surface area contributed by atoms with Gasteiger partial charge in [0.2, 0.25) is 0 Å². The summed E-state index contributed by atoms with van der Waals surface area (Å²) in [6.07, 6.45) is 2.51. The maximum Gasteiger partial charge on any atom is 0.122 e. The van der Waals surface area contributed by atoms with Gasteiger partial charge in [-0.15, -0.1) is 6.58 Å². The Morgan fingerprint density at radius 1 is 1.31 bits per heavy atom. The summed E-state index contributed by atoms with van der Waals surface area (Å²) in [7, 11) is 3.13. The zero-order valence-corrected chi connectivity index (χ0v) is 9.75. The molecule has 3 nitrogen and oxygen atoms in total. The van der Waals surface area contributed by atoms with Crippen molar-refractivity contribution in [1.29, 1.82) is 0 Å². The highest BCUT2D eigenvalue weighted by Crippen LogP contribution is 2.29.